The summed E-state index contributed by atoms with van der Waals surface area (Å²) < 4.78 is 0. The topological polar surface area (TPSA) is 27.8 Å². The number of hydrogen-bond donors (Lipinski definition) is 2. The number of fused-ring (bicyclic) bond motifs is 3. The van der Waals surface area contributed by atoms with Gasteiger partial charge in [0.25, 0.3) is 0 Å². The Morgan fingerprint density at radius 1 is 1.13 bits per heavy atom. The molecule has 2 aliphatic rings. The minimum Gasteiger partial charge on any atom is -0.358 e. The van der Waals surface area contributed by atoms with E-state index in [1.807, 2.05) is 0 Å². The van der Waals surface area contributed by atoms with Crippen LogP contribution in [0.4, 0.5) is 0 Å². The first-order chi connectivity index (χ1) is 7.36. The highest BCUT2D eigenvalue weighted by Crippen LogP contribution is 2.43. The molecule has 1 spiro atoms. The highest BCUT2D eigenvalue weighted by atomic mass is 15.0. The van der Waals surface area contributed by atoms with Crippen molar-refractivity contribution in [3.8, 4) is 0 Å². The van der Waals surface area contributed by atoms with E-state index in [-0.39, 0.29) is 0 Å². The molecule has 0 radical (unpaired) electrons. The Labute approximate surface area is 88.7 Å². The zero-order valence-corrected chi connectivity index (χ0v) is 8.64. The number of H-pyrrole nitrogens is 1. The van der Waals surface area contributed by atoms with Crippen LogP contribution in [0, 0.1) is 0 Å². The van der Waals surface area contributed by atoms with Crippen molar-refractivity contribution in [3.05, 3.63) is 35.5 Å². The summed E-state index contributed by atoms with van der Waals surface area (Å²) in [6, 6.07) is 8.62. The maximum absolute atomic E-state index is 3.68. The molecule has 1 aromatic heterocycles. The summed E-state index contributed by atoms with van der Waals surface area (Å²) in [6.45, 7) is 1.04. The smallest absolute Gasteiger partial charge is 0.0459 e. The summed E-state index contributed by atoms with van der Waals surface area (Å²) in [6.07, 6.45) is 3.89. The van der Waals surface area contributed by atoms with Crippen LogP contribution in [-0.2, 0) is 13.0 Å². The van der Waals surface area contributed by atoms with Crippen LogP contribution in [0.5, 0.6) is 0 Å². The van der Waals surface area contributed by atoms with Gasteiger partial charge >= 0.3 is 0 Å². The Hall–Kier alpha value is -1.28. The molecule has 2 heterocycles. The molecule has 1 aromatic carbocycles. The molecule has 15 heavy (non-hydrogen) atoms. The molecule has 0 unspecified atom stereocenters. The number of para-hydroxylation sites is 1. The molecule has 4 rings (SSSR count). The second-order valence-electron chi connectivity index (χ2n) is 4.94. The van der Waals surface area contributed by atoms with Crippen molar-refractivity contribution in [1.82, 2.24) is 10.3 Å². The lowest BCUT2D eigenvalue weighted by Gasteiger charge is -2.23. The number of hydrogen-bond acceptors (Lipinski definition) is 1. The monoisotopic (exact) mass is 198 g/mol. The van der Waals surface area contributed by atoms with Crippen LogP contribution >= 0.6 is 0 Å². The number of aromatic amines is 1. The van der Waals surface area contributed by atoms with E-state index in [4.69, 9.17) is 0 Å². The SMILES string of the molecule is c1ccc2c3c([nH]c2c1)CC1(CC1)NC3. The summed E-state index contributed by atoms with van der Waals surface area (Å²) in [5, 5.41) is 5.08. The van der Waals surface area contributed by atoms with Gasteiger partial charge in [0.05, 0.1) is 0 Å². The molecule has 0 amide bonds. The van der Waals surface area contributed by atoms with Gasteiger partial charge in [0.1, 0.15) is 0 Å². The van der Waals surface area contributed by atoms with Gasteiger partial charge in [0, 0.05) is 35.1 Å². The standard InChI is InChI=1S/C13H14N2/c1-2-4-11-9(3-1)10-8-14-13(5-6-13)7-12(10)15-11/h1-4,14-15H,5-8H2. The third kappa shape index (κ3) is 1.03. The molecular weight excluding hydrogens is 184 g/mol. The molecule has 1 aliphatic heterocycles. The highest BCUT2D eigenvalue weighted by molar-refractivity contribution is 5.84. The molecule has 0 saturated heterocycles. The molecule has 76 valence electrons. The quantitative estimate of drug-likeness (QED) is 0.668. The van der Waals surface area contributed by atoms with E-state index >= 15 is 0 Å². The second kappa shape index (κ2) is 2.45. The van der Waals surface area contributed by atoms with E-state index in [1.165, 1.54) is 41.4 Å². The van der Waals surface area contributed by atoms with Crippen LogP contribution in [-0.4, -0.2) is 10.5 Å². The van der Waals surface area contributed by atoms with Gasteiger partial charge in [-0.3, -0.25) is 0 Å². The van der Waals surface area contributed by atoms with Crippen molar-refractivity contribution in [1.29, 1.82) is 0 Å². The largest absolute Gasteiger partial charge is 0.358 e. The predicted molar refractivity (Wildman–Crippen MR) is 60.8 cm³/mol. The summed E-state index contributed by atoms with van der Waals surface area (Å²) in [5.41, 5.74) is 4.71. The maximum atomic E-state index is 3.68. The van der Waals surface area contributed by atoms with Crippen molar-refractivity contribution in [2.45, 2.75) is 31.3 Å². The molecule has 2 aromatic rings. The minimum absolute atomic E-state index is 0.466. The zero-order valence-electron chi connectivity index (χ0n) is 8.64. The minimum atomic E-state index is 0.466. The fourth-order valence-corrected chi connectivity index (χ4v) is 2.79. The van der Waals surface area contributed by atoms with E-state index in [1.54, 1.807) is 0 Å². The van der Waals surface area contributed by atoms with Gasteiger partial charge in [-0.15, -0.1) is 0 Å². The fraction of sp³-hybridized carbons (Fsp3) is 0.385. The van der Waals surface area contributed by atoms with Crippen molar-refractivity contribution in [2.24, 2.45) is 0 Å². The van der Waals surface area contributed by atoms with Crippen molar-refractivity contribution < 1.29 is 0 Å². The predicted octanol–water partition coefficient (Wildman–Crippen LogP) is 2.35. The lowest BCUT2D eigenvalue weighted by atomic mass is 9.99. The molecule has 1 fully saturated rings. The van der Waals surface area contributed by atoms with Crippen LogP contribution in [0.1, 0.15) is 24.1 Å². The van der Waals surface area contributed by atoms with Gasteiger partial charge in [-0.1, -0.05) is 18.2 Å². The number of aromatic nitrogens is 1. The van der Waals surface area contributed by atoms with Crippen LogP contribution in [0.25, 0.3) is 10.9 Å². The summed E-state index contributed by atoms with van der Waals surface area (Å²) in [4.78, 5) is 3.57. The lowest BCUT2D eigenvalue weighted by Crippen LogP contribution is -2.37. The van der Waals surface area contributed by atoms with Crippen molar-refractivity contribution in [3.63, 3.8) is 0 Å². The Bertz CT molecular complexity index is 534. The van der Waals surface area contributed by atoms with Crippen LogP contribution in [0.2, 0.25) is 0 Å². The van der Waals surface area contributed by atoms with Crippen LogP contribution in [0.15, 0.2) is 24.3 Å². The Morgan fingerprint density at radius 2 is 2.00 bits per heavy atom. The molecule has 2 N–H and O–H groups in total. The maximum Gasteiger partial charge on any atom is 0.0459 e. The molecular formula is C13H14N2. The first-order valence-corrected chi connectivity index (χ1v) is 5.70. The molecule has 1 saturated carbocycles. The van der Waals surface area contributed by atoms with Gasteiger partial charge in [-0.25, -0.2) is 0 Å². The number of benzene rings is 1. The summed E-state index contributed by atoms with van der Waals surface area (Å²) in [5.74, 6) is 0. The van der Waals surface area contributed by atoms with Crippen LogP contribution in [0.3, 0.4) is 0 Å². The molecule has 0 atom stereocenters. The third-order valence-corrected chi connectivity index (χ3v) is 3.91. The lowest BCUT2D eigenvalue weighted by molar-refractivity contribution is 0.462. The summed E-state index contributed by atoms with van der Waals surface area (Å²) in [7, 11) is 0. The third-order valence-electron chi connectivity index (χ3n) is 3.91. The molecule has 1 aliphatic carbocycles. The van der Waals surface area contributed by atoms with Crippen LogP contribution < -0.4 is 5.32 Å². The average molecular weight is 198 g/mol. The fourth-order valence-electron chi connectivity index (χ4n) is 2.79. The Kier molecular flexibility index (Phi) is 1.30. The highest BCUT2D eigenvalue weighted by Gasteiger charge is 2.45. The van der Waals surface area contributed by atoms with Gasteiger partial charge in [-0.05, 0) is 24.5 Å². The number of nitrogens with one attached hydrogen (secondary N) is 2. The molecule has 2 nitrogen and oxygen atoms in total. The van der Waals surface area contributed by atoms with Crippen molar-refractivity contribution >= 4 is 10.9 Å². The van der Waals surface area contributed by atoms with Gasteiger partial charge < -0.3 is 10.3 Å². The van der Waals surface area contributed by atoms with E-state index < -0.39 is 0 Å². The second-order valence-corrected chi connectivity index (χ2v) is 4.94. The molecule has 2 heteroatoms. The normalized spacial score (nSPS) is 21.9. The zero-order chi connectivity index (χ0) is 9.88. The first kappa shape index (κ1) is 7.94. The van der Waals surface area contributed by atoms with Gasteiger partial charge in [0.15, 0.2) is 0 Å². The first-order valence-electron chi connectivity index (χ1n) is 5.70. The van der Waals surface area contributed by atoms with Gasteiger partial charge in [-0.2, -0.15) is 0 Å². The van der Waals surface area contributed by atoms with E-state index in [9.17, 15) is 0 Å². The van der Waals surface area contributed by atoms with E-state index in [2.05, 4.69) is 34.6 Å². The Morgan fingerprint density at radius 3 is 2.87 bits per heavy atom. The van der Waals surface area contributed by atoms with E-state index in [0.29, 0.717) is 5.54 Å². The van der Waals surface area contributed by atoms with Gasteiger partial charge in [0.2, 0.25) is 0 Å². The molecule has 0 bridgehead atoms. The summed E-state index contributed by atoms with van der Waals surface area (Å²) >= 11 is 0. The van der Waals surface area contributed by atoms with E-state index in [0.717, 1.165) is 6.54 Å². The average Bonchev–Trinajstić information content (AvgIpc) is 2.91. The van der Waals surface area contributed by atoms with Crippen molar-refractivity contribution in [2.75, 3.05) is 0 Å². The number of rotatable bonds is 0. The Balaban J connectivity index is 1.94.